The maximum absolute atomic E-state index is 16.1. The highest BCUT2D eigenvalue weighted by molar-refractivity contribution is 7.99. The van der Waals surface area contributed by atoms with E-state index in [-0.39, 0.29) is 35.7 Å². The highest BCUT2D eigenvalue weighted by Crippen LogP contribution is 2.66. The van der Waals surface area contributed by atoms with E-state index in [0.29, 0.717) is 5.56 Å². The van der Waals surface area contributed by atoms with Crippen LogP contribution in [0.25, 0.3) is 0 Å². The SMILES string of the molecule is COCS[C@H]1C[C@H]2OC[C@@]2(OC(C)=O)C2[C@H](OC(=O)c3ccccc3)[C@]3(O)C[C@H](OC(=O)[C@H](O)[C@@H](NC(=O)OC(C)(C)C)c4ccccc4)C(C)=C([C@@H](OC(=O)COC)C(=O)[C@@]21C)C3(C)C. The minimum absolute atomic E-state index is 0.0360. The van der Waals surface area contributed by atoms with Gasteiger partial charge < -0.3 is 53.4 Å². The molecule has 1 amide bonds. The first kappa shape index (κ1) is 50.6. The molecule has 1 unspecified atom stereocenters. The zero-order chi connectivity index (χ0) is 48.6. The summed E-state index contributed by atoms with van der Waals surface area (Å²) in [6.07, 6.45) is -9.30. The Morgan fingerprint density at radius 3 is 2.14 bits per heavy atom. The third kappa shape index (κ3) is 9.36. The van der Waals surface area contributed by atoms with Crippen LogP contribution in [0, 0.1) is 16.7 Å². The van der Waals surface area contributed by atoms with Crippen molar-refractivity contribution in [1.82, 2.24) is 5.32 Å². The summed E-state index contributed by atoms with van der Waals surface area (Å²) in [4.78, 5) is 85.0. The summed E-state index contributed by atoms with van der Waals surface area (Å²) in [6.45, 7) is 11.7. The molecule has 1 aliphatic heterocycles. The number of fused-ring (bicyclic) bond motifs is 5. The lowest BCUT2D eigenvalue weighted by atomic mass is 9.45. The molecule has 1 heterocycles. The summed E-state index contributed by atoms with van der Waals surface area (Å²) in [5.74, 6) is -5.83. The van der Waals surface area contributed by atoms with Gasteiger partial charge in [-0.1, -0.05) is 69.3 Å². The van der Waals surface area contributed by atoms with Gasteiger partial charge in [-0.2, -0.15) is 0 Å². The first-order valence-corrected chi connectivity index (χ1v) is 22.8. The van der Waals surface area contributed by atoms with Crippen molar-refractivity contribution in [3.63, 3.8) is 0 Å². The molecule has 1 saturated heterocycles. The molecule has 3 fully saturated rings. The normalized spacial score (nSPS) is 30.9. The monoisotopic (exact) mass is 939 g/mol. The number of hydrogen-bond donors (Lipinski definition) is 3. The molecule has 4 aliphatic rings. The molecular formula is C48H61NO16S. The van der Waals surface area contributed by atoms with Crippen molar-refractivity contribution in [2.24, 2.45) is 16.7 Å². The molecule has 0 radical (unpaired) electrons. The lowest BCUT2D eigenvalue weighted by Gasteiger charge is -2.68. The quantitative estimate of drug-likeness (QED) is 0.100. The van der Waals surface area contributed by atoms with E-state index in [9.17, 15) is 34.2 Å². The summed E-state index contributed by atoms with van der Waals surface area (Å²) in [5, 5.41) is 27.6. The Labute approximate surface area is 388 Å². The molecule has 17 nitrogen and oxygen atoms in total. The summed E-state index contributed by atoms with van der Waals surface area (Å²) in [5.41, 5.74) is -7.78. The lowest BCUT2D eigenvalue weighted by Crippen LogP contribution is -2.81. The van der Waals surface area contributed by atoms with E-state index in [1.54, 1.807) is 97.0 Å². The topological polar surface area (TPSA) is 229 Å². The number of ketones is 1. The van der Waals surface area contributed by atoms with Gasteiger partial charge in [0.1, 0.15) is 36.1 Å². The van der Waals surface area contributed by atoms with Crippen molar-refractivity contribution in [3.05, 3.63) is 82.9 Å². The van der Waals surface area contributed by atoms with Crippen molar-refractivity contribution in [2.75, 3.05) is 33.4 Å². The number of thioether (sulfide) groups is 1. The van der Waals surface area contributed by atoms with Crippen LogP contribution < -0.4 is 5.32 Å². The van der Waals surface area contributed by atoms with Crippen LogP contribution in [0.5, 0.6) is 0 Å². The summed E-state index contributed by atoms with van der Waals surface area (Å²) in [6, 6.07) is 14.8. The van der Waals surface area contributed by atoms with Gasteiger partial charge in [0.15, 0.2) is 23.6 Å². The first-order valence-electron chi connectivity index (χ1n) is 21.7. The molecule has 2 bridgehead atoms. The second-order valence-corrected chi connectivity index (χ2v) is 20.2. The van der Waals surface area contributed by atoms with Gasteiger partial charge in [-0.25, -0.2) is 19.2 Å². The second kappa shape index (κ2) is 19.4. The Morgan fingerprint density at radius 1 is 0.939 bits per heavy atom. The number of aliphatic hydroxyl groups is 2. The molecule has 11 atom stereocenters. The third-order valence-corrected chi connectivity index (χ3v) is 14.9. The number of Topliss-reactive ketones (excluding diaryl/α,β-unsaturated/α-hetero) is 1. The smallest absolute Gasteiger partial charge is 0.408 e. The van der Waals surface area contributed by atoms with E-state index >= 15 is 4.79 Å². The molecule has 18 heteroatoms. The van der Waals surface area contributed by atoms with E-state index in [0.717, 1.165) is 0 Å². The number of amides is 1. The first-order chi connectivity index (χ1) is 31.0. The van der Waals surface area contributed by atoms with E-state index in [4.69, 9.17) is 37.9 Å². The number of ether oxygens (including phenoxy) is 8. The third-order valence-electron chi connectivity index (χ3n) is 13.4. The number of carbonyl (C=O) groups is 6. The summed E-state index contributed by atoms with van der Waals surface area (Å²) >= 11 is 1.25. The van der Waals surface area contributed by atoms with E-state index < -0.39 is 124 Å². The van der Waals surface area contributed by atoms with Gasteiger partial charge in [-0.3, -0.25) is 9.59 Å². The van der Waals surface area contributed by atoms with Crippen LogP contribution in [0.1, 0.15) is 90.2 Å². The van der Waals surface area contributed by atoms with Crippen molar-refractivity contribution in [1.29, 1.82) is 0 Å². The maximum atomic E-state index is 16.1. The lowest BCUT2D eigenvalue weighted by molar-refractivity contribution is -0.331. The minimum Gasteiger partial charge on any atom is -0.456 e. The van der Waals surface area contributed by atoms with Gasteiger partial charge >= 0.3 is 30.0 Å². The number of aliphatic hydroxyl groups excluding tert-OH is 1. The standard InChI is InChI=1S/C48H61NO16S/c1-26-30(61-42(55)36(52)35(28-17-13-11-14-18-28)49-43(56)65-44(3,4)5)22-48(57)40(63-41(54)29-19-15-12-16-20-29)38-46(8,39(53)37(34(26)45(48,6)7)62-33(51)23-58-9)32(66-25-59-10)21-31-47(38,24-60-31)64-27(2)50/h11-20,30-32,35-38,40,52,57H,21-25H2,1-10H3,(H,49,56)/t30-,31+,32-,35-,36+,37+,38?,40-,46+,47-,48+/m0/s1. The molecular weight excluding hydrogens is 879 g/mol. The van der Waals surface area contributed by atoms with Crippen LogP contribution in [0.2, 0.25) is 0 Å². The molecule has 0 aromatic heterocycles. The van der Waals surface area contributed by atoms with Gasteiger partial charge in [0.2, 0.25) is 0 Å². The van der Waals surface area contributed by atoms with Gasteiger partial charge in [-0.15, -0.1) is 11.8 Å². The summed E-state index contributed by atoms with van der Waals surface area (Å²) in [7, 11) is 2.76. The van der Waals surface area contributed by atoms with Crippen LogP contribution in [-0.4, -0.2) is 132 Å². The zero-order valence-corrected chi connectivity index (χ0v) is 39.8. The predicted molar refractivity (Wildman–Crippen MR) is 237 cm³/mol. The molecule has 2 saturated carbocycles. The van der Waals surface area contributed by atoms with Crippen molar-refractivity contribution < 1.29 is 76.9 Å². The van der Waals surface area contributed by atoms with Crippen LogP contribution in [0.4, 0.5) is 4.79 Å². The Morgan fingerprint density at radius 2 is 1.58 bits per heavy atom. The number of nitrogens with one attached hydrogen (secondary N) is 1. The minimum atomic E-state index is -2.37. The van der Waals surface area contributed by atoms with Gasteiger partial charge in [0.05, 0.1) is 35.5 Å². The Balaban J connectivity index is 1.58. The summed E-state index contributed by atoms with van der Waals surface area (Å²) < 4.78 is 47.3. The second-order valence-electron chi connectivity index (χ2n) is 19.0. The van der Waals surface area contributed by atoms with Crippen LogP contribution in [0.3, 0.4) is 0 Å². The number of methoxy groups -OCH3 is 2. The number of alkyl carbamates (subject to hydrolysis) is 1. The molecule has 3 aliphatic carbocycles. The molecule has 6 rings (SSSR count). The predicted octanol–water partition coefficient (Wildman–Crippen LogP) is 4.80. The number of carbonyl (C=O) groups excluding carboxylic acids is 6. The van der Waals surface area contributed by atoms with Gasteiger partial charge in [0.25, 0.3) is 0 Å². The van der Waals surface area contributed by atoms with Crippen LogP contribution >= 0.6 is 11.8 Å². The Bertz CT molecular complexity index is 2190. The molecule has 0 spiro atoms. The van der Waals surface area contributed by atoms with Crippen molar-refractivity contribution in [2.45, 2.75) is 127 Å². The number of hydrogen-bond acceptors (Lipinski definition) is 17. The average Bonchev–Trinajstić information content (AvgIpc) is 3.24. The maximum Gasteiger partial charge on any atom is 0.408 e. The van der Waals surface area contributed by atoms with Crippen LogP contribution in [-0.2, 0) is 57.1 Å². The molecule has 360 valence electrons. The van der Waals surface area contributed by atoms with Crippen LogP contribution in [0.15, 0.2) is 71.8 Å². The average molecular weight is 940 g/mol. The highest BCUT2D eigenvalue weighted by Gasteiger charge is 2.78. The van der Waals surface area contributed by atoms with Gasteiger partial charge in [0, 0.05) is 38.2 Å². The largest absolute Gasteiger partial charge is 0.456 e. The molecule has 2 aromatic carbocycles. The Hall–Kier alpha value is -4.85. The number of benzene rings is 2. The van der Waals surface area contributed by atoms with Gasteiger partial charge in [-0.05, 0) is 63.0 Å². The molecule has 2 aromatic rings. The van der Waals surface area contributed by atoms with Crippen molar-refractivity contribution >= 4 is 47.5 Å². The molecule has 3 N–H and O–H groups in total. The number of rotatable bonds is 14. The fourth-order valence-electron chi connectivity index (χ4n) is 10.3. The van der Waals surface area contributed by atoms with E-state index in [2.05, 4.69) is 5.32 Å². The number of esters is 4. The fraction of sp³-hybridized carbons (Fsp3) is 0.583. The van der Waals surface area contributed by atoms with E-state index in [1.807, 2.05) is 0 Å². The van der Waals surface area contributed by atoms with E-state index in [1.165, 1.54) is 45.0 Å². The fourth-order valence-corrected chi connectivity index (χ4v) is 11.5. The van der Waals surface area contributed by atoms with Crippen molar-refractivity contribution in [3.8, 4) is 0 Å². The molecule has 66 heavy (non-hydrogen) atoms. The Kier molecular flexibility index (Phi) is 14.9. The zero-order valence-electron chi connectivity index (χ0n) is 38.9. The highest BCUT2D eigenvalue weighted by atomic mass is 32.2.